The van der Waals surface area contributed by atoms with Gasteiger partial charge in [-0.2, -0.15) is 0 Å². The van der Waals surface area contributed by atoms with Gasteiger partial charge in [0.1, 0.15) is 5.69 Å². The molecule has 1 saturated heterocycles. The van der Waals surface area contributed by atoms with Gasteiger partial charge in [-0.15, -0.1) is 0 Å². The summed E-state index contributed by atoms with van der Waals surface area (Å²) in [6.07, 6.45) is 2.30. The highest BCUT2D eigenvalue weighted by molar-refractivity contribution is 5.86. The normalized spacial score (nSPS) is 24.0. The second-order valence-corrected chi connectivity index (χ2v) is 4.38. The molecule has 1 aliphatic rings. The van der Waals surface area contributed by atoms with Gasteiger partial charge in [-0.1, -0.05) is 0 Å². The molecule has 0 saturated carbocycles. The molecule has 3 N–H and O–H groups in total. The molecule has 0 bridgehead atoms. The van der Waals surface area contributed by atoms with Crippen LogP contribution in [0.2, 0.25) is 0 Å². The Labute approximate surface area is 105 Å². The lowest BCUT2D eigenvalue weighted by atomic mass is 10.0. The number of carbonyl (C=O) groups is 1. The van der Waals surface area contributed by atoms with Crippen molar-refractivity contribution in [2.24, 2.45) is 5.73 Å². The number of ether oxygens (including phenoxy) is 1. The molecule has 0 amide bonds. The summed E-state index contributed by atoms with van der Waals surface area (Å²) in [4.78, 5) is 16.8. The molecule has 6 nitrogen and oxygen atoms in total. The van der Waals surface area contributed by atoms with Crippen molar-refractivity contribution in [3.05, 3.63) is 24.0 Å². The molecule has 0 aliphatic carbocycles. The number of aromatic carboxylic acids is 1. The molecule has 0 unspecified atom stereocenters. The maximum Gasteiger partial charge on any atom is 0.354 e. The number of pyridine rings is 1. The summed E-state index contributed by atoms with van der Waals surface area (Å²) in [5.74, 6) is -1.02. The number of carboxylic acids is 1. The quantitative estimate of drug-likeness (QED) is 0.805. The molecular weight excluding hydrogens is 234 g/mol. The van der Waals surface area contributed by atoms with Gasteiger partial charge < -0.3 is 20.5 Å². The number of carboxylic acid groups (broad SMARTS) is 1. The van der Waals surface area contributed by atoms with Crippen LogP contribution in [0.5, 0.6) is 0 Å². The van der Waals surface area contributed by atoms with Gasteiger partial charge in [0, 0.05) is 38.1 Å². The SMILES string of the molecule is CO[C@@H]1CN(c2ccnc(C(=O)O)c2)CC[C@@H]1N. The number of anilines is 1. The summed E-state index contributed by atoms with van der Waals surface area (Å²) in [6.45, 7) is 1.46. The van der Waals surface area contributed by atoms with E-state index in [1.165, 1.54) is 6.20 Å². The number of aromatic nitrogens is 1. The fourth-order valence-corrected chi connectivity index (χ4v) is 2.15. The molecule has 98 valence electrons. The first kappa shape index (κ1) is 12.8. The molecule has 6 heteroatoms. The van der Waals surface area contributed by atoms with Crippen molar-refractivity contribution in [2.75, 3.05) is 25.1 Å². The lowest BCUT2D eigenvalue weighted by molar-refractivity contribution is 0.0690. The average Bonchev–Trinajstić information content (AvgIpc) is 2.39. The van der Waals surface area contributed by atoms with E-state index >= 15 is 0 Å². The largest absolute Gasteiger partial charge is 0.477 e. The summed E-state index contributed by atoms with van der Waals surface area (Å²) >= 11 is 0. The van der Waals surface area contributed by atoms with E-state index in [4.69, 9.17) is 15.6 Å². The minimum atomic E-state index is -1.02. The first-order valence-electron chi connectivity index (χ1n) is 5.84. The Morgan fingerprint density at radius 3 is 3.11 bits per heavy atom. The highest BCUT2D eigenvalue weighted by Gasteiger charge is 2.26. The Balaban J connectivity index is 2.16. The predicted octanol–water partition coefficient (Wildman–Crippen LogP) is 0.332. The molecule has 1 fully saturated rings. The van der Waals surface area contributed by atoms with Crippen LogP contribution in [0.15, 0.2) is 18.3 Å². The molecule has 2 atom stereocenters. The van der Waals surface area contributed by atoms with Crippen molar-refractivity contribution in [3.63, 3.8) is 0 Å². The molecule has 1 aromatic rings. The van der Waals surface area contributed by atoms with Gasteiger partial charge >= 0.3 is 5.97 Å². The van der Waals surface area contributed by atoms with Gasteiger partial charge in [-0.3, -0.25) is 0 Å². The van der Waals surface area contributed by atoms with E-state index in [0.717, 1.165) is 18.7 Å². The third kappa shape index (κ3) is 2.60. The molecule has 18 heavy (non-hydrogen) atoms. The smallest absolute Gasteiger partial charge is 0.354 e. The van der Waals surface area contributed by atoms with Gasteiger partial charge in [0.05, 0.1) is 6.10 Å². The lowest BCUT2D eigenvalue weighted by Crippen LogP contribution is -2.51. The zero-order valence-corrected chi connectivity index (χ0v) is 10.2. The fourth-order valence-electron chi connectivity index (χ4n) is 2.15. The van der Waals surface area contributed by atoms with Crippen molar-refractivity contribution in [2.45, 2.75) is 18.6 Å². The van der Waals surface area contributed by atoms with Crippen LogP contribution < -0.4 is 10.6 Å². The summed E-state index contributed by atoms with van der Waals surface area (Å²) in [5.41, 5.74) is 6.85. The van der Waals surface area contributed by atoms with E-state index in [2.05, 4.69) is 9.88 Å². The zero-order valence-electron chi connectivity index (χ0n) is 10.2. The van der Waals surface area contributed by atoms with Gasteiger partial charge in [0.15, 0.2) is 0 Å². The van der Waals surface area contributed by atoms with Crippen LogP contribution in [-0.4, -0.2) is 48.4 Å². The standard InChI is InChI=1S/C12H17N3O3/c1-18-11-7-15(5-3-9(11)13)8-2-4-14-10(6-8)12(16)17/h2,4,6,9,11H,3,5,7,13H2,1H3,(H,16,17)/t9-,11+/m0/s1. The molecule has 2 rings (SSSR count). The predicted molar refractivity (Wildman–Crippen MR) is 66.8 cm³/mol. The molecule has 1 aromatic heterocycles. The van der Waals surface area contributed by atoms with Crippen LogP contribution in [-0.2, 0) is 4.74 Å². The fraction of sp³-hybridized carbons (Fsp3) is 0.500. The summed E-state index contributed by atoms with van der Waals surface area (Å²) in [7, 11) is 1.64. The number of methoxy groups -OCH3 is 1. The van der Waals surface area contributed by atoms with E-state index in [9.17, 15) is 4.79 Å². The van der Waals surface area contributed by atoms with Gasteiger partial charge in [0.2, 0.25) is 0 Å². The number of nitrogens with zero attached hydrogens (tertiary/aromatic N) is 2. The van der Waals surface area contributed by atoms with E-state index in [0.29, 0.717) is 6.54 Å². The molecule has 0 aromatic carbocycles. The molecule has 0 spiro atoms. The number of hydrogen-bond donors (Lipinski definition) is 2. The van der Waals surface area contributed by atoms with Crippen molar-refractivity contribution in [3.8, 4) is 0 Å². The molecular formula is C12H17N3O3. The van der Waals surface area contributed by atoms with Crippen molar-refractivity contribution < 1.29 is 14.6 Å². The molecule has 1 aliphatic heterocycles. The topological polar surface area (TPSA) is 88.7 Å². The van der Waals surface area contributed by atoms with Crippen molar-refractivity contribution in [1.82, 2.24) is 4.98 Å². The maximum absolute atomic E-state index is 10.9. The number of hydrogen-bond acceptors (Lipinski definition) is 5. The van der Waals surface area contributed by atoms with Crippen LogP contribution >= 0.6 is 0 Å². The van der Waals surface area contributed by atoms with E-state index in [1.54, 1.807) is 19.2 Å². The average molecular weight is 251 g/mol. The summed E-state index contributed by atoms with van der Waals surface area (Å²) in [5, 5.41) is 8.92. The van der Waals surface area contributed by atoms with Crippen LogP contribution in [0.4, 0.5) is 5.69 Å². The van der Waals surface area contributed by atoms with Gasteiger partial charge in [-0.05, 0) is 18.6 Å². The number of nitrogens with two attached hydrogens (primary N) is 1. The van der Waals surface area contributed by atoms with Crippen molar-refractivity contribution in [1.29, 1.82) is 0 Å². The Morgan fingerprint density at radius 2 is 2.44 bits per heavy atom. The number of rotatable bonds is 3. The monoisotopic (exact) mass is 251 g/mol. The van der Waals surface area contributed by atoms with Crippen LogP contribution in [0.1, 0.15) is 16.9 Å². The molecule has 0 radical (unpaired) electrons. The first-order valence-corrected chi connectivity index (χ1v) is 5.84. The summed E-state index contributed by atoms with van der Waals surface area (Å²) < 4.78 is 5.33. The van der Waals surface area contributed by atoms with Crippen molar-refractivity contribution >= 4 is 11.7 Å². The van der Waals surface area contributed by atoms with Gasteiger partial charge in [0.25, 0.3) is 0 Å². The Kier molecular flexibility index (Phi) is 3.78. The van der Waals surface area contributed by atoms with E-state index < -0.39 is 5.97 Å². The highest BCUT2D eigenvalue weighted by Crippen LogP contribution is 2.21. The Hall–Kier alpha value is -1.66. The second kappa shape index (κ2) is 5.32. The Bertz CT molecular complexity index is 438. The number of piperidine rings is 1. The van der Waals surface area contributed by atoms with Crippen LogP contribution in [0, 0.1) is 0 Å². The van der Waals surface area contributed by atoms with Crippen LogP contribution in [0.25, 0.3) is 0 Å². The first-order chi connectivity index (χ1) is 8.61. The third-order valence-corrected chi connectivity index (χ3v) is 3.24. The Morgan fingerprint density at radius 1 is 1.67 bits per heavy atom. The van der Waals surface area contributed by atoms with Gasteiger partial charge in [-0.25, -0.2) is 9.78 Å². The van der Waals surface area contributed by atoms with E-state index in [1.807, 2.05) is 0 Å². The van der Waals surface area contributed by atoms with Crippen LogP contribution in [0.3, 0.4) is 0 Å². The zero-order chi connectivity index (χ0) is 13.1. The summed E-state index contributed by atoms with van der Waals surface area (Å²) in [6, 6.07) is 3.41. The minimum absolute atomic E-state index is 0.0276. The third-order valence-electron chi connectivity index (χ3n) is 3.24. The second-order valence-electron chi connectivity index (χ2n) is 4.38. The van der Waals surface area contributed by atoms with E-state index in [-0.39, 0.29) is 17.8 Å². The lowest BCUT2D eigenvalue weighted by Gasteiger charge is -2.37. The highest BCUT2D eigenvalue weighted by atomic mass is 16.5. The minimum Gasteiger partial charge on any atom is -0.477 e. The maximum atomic E-state index is 10.9. The molecule has 2 heterocycles.